The van der Waals surface area contributed by atoms with E-state index in [-0.39, 0.29) is 24.8 Å². The molecule has 0 aromatic rings. The summed E-state index contributed by atoms with van der Waals surface area (Å²) in [7, 11) is 0. The van der Waals surface area contributed by atoms with Gasteiger partial charge in [-0.05, 0) is 50.7 Å². The van der Waals surface area contributed by atoms with Crippen LogP contribution in [-0.4, -0.2) is 11.9 Å². The van der Waals surface area contributed by atoms with E-state index in [4.69, 9.17) is 9.47 Å². The topological polar surface area (TPSA) is 52.6 Å². The largest absolute Gasteiger partial charge is 0.431 e. The van der Waals surface area contributed by atoms with Gasteiger partial charge < -0.3 is 9.47 Å². The van der Waals surface area contributed by atoms with Crippen LogP contribution in [0, 0.1) is 0 Å². The predicted octanol–water partition coefficient (Wildman–Crippen LogP) is 11.3. The maximum absolute atomic E-state index is 12.6. The van der Waals surface area contributed by atoms with Crippen molar-refractivity contribution in [3.05, 3.63) is 23.7 Å². The maximum atomic E-state index is 12.6. The van der Waals surface area contributed by atoms with Gasteiger partial charge in [-0.25, -0.2) is 0 Å². The van der Waals surface area contributed by atoms with Gasteiger partial charge in [0, 0.05) is 12.8 Å². The summed E-state index contributed by atoms with van der Waals surface area (Å²) in [6.07, 6.45) is 29.3. The van der Waals surface area contributed by atoms with Crippen LogP contribution in [0.2, 0.25) is 0 Å². The van der Waals surface area contributed by atoms with Gasteiger partial charge >= 0.3 is 11.9 Å². The molecule has 0 aliphatic carbocycles. The Morgan fingerprint density at radius 2 is 0.737 bits per heavy atom. The minimum absolute atomic E-state index is 0.0716. The first-order chi connectivity index (χ1) is 18.6. The minimum Gasteiger partial charge on any atom is -0.431 e. The Balaban J connectivity index is 4.70. The lowest BCUT2D eigenvalue weighted by Crippen LogP contribution is -2.10. The summed E-state index contributed by atoms with van der Waals surface area (Å²) in [6.45, 7) is 8.86. The number of hydrogen-bond donors (Lipinski definition) is 0. The lowest BCUT2D eigenvalue weighted by molar-refractivity contribution is -0.146. The van der Waals surface area contributed by atoms with Crippen molar-refractivity contribution in [2.24, 2.45) is 0 Å². The fourth-order valence-corrected chi connectivity index (χ4v) is 4.46. The van der Waals surface area contributed by atoms with E-state index in [1.54, 1.807) is 0 Å². The van der Waals surface area contributed by atoms with Gasteiger partial charge in [-0.1, -0.05) is 118 Å². The van der Waals surface area contributed by atoms with E-state index >= 15 is 0 Å². The molecule has 0 aliphatic heterocycles. The highest BCUT2D eigenvalue weighted by molar-refractivity contribution is 5.78. The Hall–Kier alpha value is -1.58. The molecule has 0 spiro atoms. The normalized spacial score (nSPS) is 12.1. The lowest BCUT2D eigenvalue weighted by atomic mass is 10.1. The zero-order valence-corrected chi connectivity index (χ0v) is 25.8. The van der Waals surface area contributed by atoms with Crippen molar-refractivity contribution in [3.63, 3.8) is 0 Å². The van der Waals surface area contributed by atoms with Crippen molar-refractivity contribution in [1.29, 1.82) is 0 Å². The second kappa shape index (κ2) is 28.4. The van der Waals surface area contributed by atoms with Gasteiger partial charge in [0.25, 0.3) is 0 Å². The molecule has 0 aliphatic rings. The van der Waals surface area contributed by atoms with Gasteiger partial charge in [-0.3, -0.25) is 9.59 Å². The van der Waals surface area contributed by atoms with Crippen LogP contribution in [0.4, 0.5) is 0 Å². The summed E-state index contributed by atoms with van der Waals surface area (Å²) in [4.78, 5) is 25.1. The molecule has 0 unspecified atom stereocenters. The molecule has 0 rings (SSSR count). The first-order valence-corrected chi connectivity index (χ1v) is 16.4. The molecule has 0 bridgehead atoms. The summed E-state index contributed by atoms with van der Waals surface area (Å²) >= 11 is 0. The average Bonchev–Trinajstić information content (AvgIpc) is 2.91. The number of esters is 2. The van der Waals surface area contributed by atoms with Crippen LogP contribution in [0.25, 0.3) is 0 Å². The molecule has 0 saturated heterocycles. The van der Waals surface area contributed by atoms with Gasteiger partial charge in [0.2, 0.25) is 0 Å². The van der Waals surface area contributed by atoms with E-state index in [1.807, 2.05) is 0 Å². The van der Waals surface area contributed by atoms with Crippen LogP contribution in [-0.2, 0) is 19.1 Å². The van der Waals surface area contributed by atoms with Crippen molar-refractivity contribution in [2.75, 3.05) is 0 Å². The summed E-state index contributed by atoms with van der Waals surface area (Å²) in [5.74, 6) is 0.937. The molecular weight excluding hydrogens is 472 g/mol. The van der Waals surface area contributed by atoms with E-state index in [0.29, 0.717) is 0 Å². The number of allylic oxidation sites excluding steroid dienone is 4. The van der Waals surface area contributed by atoms with Gasteiger partial charge in [-0.2, -0.15) is 0 Å². The third kappa shape index (κ3) is 24.7. The Morgan fingerprint density at radius 3 is 1.08 bits per heavy atom. The Kier molecular flexibility index (Phi) is 27.2. The van der Waals surface area contributed by atoms with Gasteiger partial charge in [0.05, 0.1) is 12.8 Å². The quantitative estimate of drug-likeness (QED) is 0.0597. The molecule has 0 aromatic carbocycles. The van der Waals surface area contributed by atoms with Gasteiger partial charge in [0.1, 0.15) is 11.5 Å². The van der Waals surface area contributed by atoms with Crippen LogP contribution in [0.15, 0.2) is 23.7 Å². The zero-order valence-electron chi connectivity index (χ0n) is 25.8. The van der Waals surface area contributed by atoms with Crippen LogP contribution in [0.5, 0.6) is 0 Å². The smallest absolute Gasteiger partial charge is 0.311 e. The number of hydrogen-bond acceptors (Lipinski definition) is 4. The van der Waals surface area contributed by atoms with E-state index in [9.17, 15) is 9.59 Å². The summed E-state index contributed by atoms with van der Waals surface area (Å²) in [5.41, 5.74) is 0. The molecule has 0 amide bonds. The van der Waals surface area contributed by atoms with E-state index < -0.39 is 0 Å². The molecule has 0 saturated carbocycles. The van der Waals surface area contributed by atoms with Crippen molar-refractivity contribution in [3.8, 4) is 0 Å². The van der Waals surface area contributed by atoms with Crippen molar-refractivity contribution in [2.45, 2.75) is 182 Å². The molecule has 4 nitrogen and oxygen atoms in total. The fraction of sp³-hybridized carbons (Fsp3) is 0.824. The Bertz CT molecular complexity index is 566. The maximum Gasteiger partial charge on any atom is 0.311 e. The van der Waals surface area contributed by atoms with Gasteiger partial charge in [-0.15, -0.1) is 0 Å². The molecule has 0 radical (unpaired) electrons. The minimum atomic E-state index is -0.319. The van der Waals surface area contributed by atoms with Crippen LogP contribution in [0.1, 0.15) is 182 Å². The zero-order chi connectivity index (χ0) is 28.1. The van der Waals surface area contributed by atoms with Crippen LogP contribution < -0.4 is 0 Å². The summed E-state index contributed by atoms with van der Waals surface area (Å²) < 4.78 is 11.4. The van der Waals surface area contributed by atoms with Crippen molar-refractivity contribution in [1.82, 2.24) is 0 Å². The molecule has 0 aromatic heterocycles. The predicted molar refractivity (Wildman–Crippen MR) is 162 cm³/mol. The SMILES string of the molecule is CCCCCC/C=C(/CCCCCCC)OC(=O)CCC(=O)O/C(=C/CCCCCC)CCCCCCC. The number of carbonyl (C=O) groups excluding carboxylic acids is 2. The molecular formula is C34H62O4. The number of rotatable bonds is 27. The molecule has 0 N–H and O–H groups in total. The van der Waals surface area contributed by atoms with E-state index in [0.717, 1.165) is 75.7 Å². The highest BCUT2D eigenvalue weighted by Crippen LogP contribution is 2.18. The molecule has 4 heteroatoms. The standard InChI is InChI=1S/C34H62O4/c1-5-9-13-17-21-25-31(26-22-18-14-10-6-2)37-33(35)29-30-34(36)38-32(27-23-19-15-11-7-3)28-24-20-16-12-8-4/h25,27H,5-24,26,28-30H2,1-4H3/b31-25-,32-27+. The lowest BCUT2D eigenvalue weighted by Gasteiger charge is -2.11. The highest BCUT2D eigenvalue weighted by atomic mass is 16.5. The highest BCUT2D eigenvalue weighted by Gasteiger charge is 2.13. The molecule has 0 heterocycles. The average molecular weight is 535 g/mol. The number of ether oxygens (including phenoxy) is 2. The molecule has 0 atom stereocenters. The third-order valence-corrected chi connectivity index (χ3v) is 6.94. The number of unbranched alkanes of at least 4 members (excludes halogenated alkanes) is 16. The van der Waals surface area contributed by atoms with E-state index in [1.165, 1.54) is 77.0 Å². The molecule has 222 valence electrons. The third-order valence-electron chi connectivity index (χ3n) is 6.94. The Labute approximate surface area is 236 Å². The second-order valence-electron chi connectivity index (χ2n) is 10.8. The molecule has 38 heavy (non-hydrogen) atoms. The molecule has 0 fully saturated rings. The van der Waals surface area contributed by atoms with Crippen molar-refractivity contribution < 1.29 is 19.1 Å². The van der Waals surface area contributed by atoms with Crippen molar-refractivity contribution >= 4 is 11.9 Å². The second-order valence-corrected chi connectivity index (χ2v) is 10.8. The number of carbonyl (C=O) groups is 2. The van der Waals surface area contributed by atoms with Crippen LogP contribution >= 0.6 is 0 Å². The summed E-state index contributed by atoms with van der Waals surface area (Å²) in [6, 6.07) is 0. The van der Waals surface area contributed by atoms with Gasteiger partial charge in [0.15, 0.2) is 0 Å². The fourth-order valence-electron chi connectivity index (χ4n) is 4.46. The monoisotopic (exact) mass is 534 g/mol. The Morgan fingerprint density at radius 1 is 0.421 bits per heavy atom. The first-order valence-electron chi connectivity index (χ1n) is 16.4. The first kappa shape index (κ1) is 36.4. The summed E-state index contributed by atoms with van der Waals surface area (Å²) in [5, 5.41) is 0. The van der Waals surface area contributed by atoms with E-state index in [2.05, 4.69) is 39.8 Å². The van der Waals surface area contributed by atoms with Crippen LogP contribution in [0.3, 0.4) is 0 Å².